The highest BCUT2D eigenvalue weighted by Gasteiger charge is 2.21. The number of likely N-dealkylation sites (tertiary alicyclic amines) is 1. The van der Waals surface area contributed by atoms with Gasteiger partial charge in [-0.1, -0.05) is 33.1 Å². The number of halogens is 1. The van der Waals surface area contributed by atoms with E-state index in [-0.39, 0.29) is 4.70 Å². The van der Waals surface area contributed by atoms with E-state index >= 15 is 0 Å². The molecule has 0 aromatic rings. The summed E-state index contributed by atoms with van der Waals surface area (Å²) in [7, 11) is 0. The molecule has 0 aliphatic carbocycles. The van der Waals surface area contributed by atoms with E-state index in [1.807, 2.05) is 4.90 Å². The van der Waals surface area contributed by atoms with E-state index in [9.17, 15) is 0 Å². The molecule has 1 heterocycles. The van der Waals surface area contributed by atoms with Gasteiger partial charge in [-0.2, -0.15) is 0 Å². The Morgan fingerprint density at radius 1 is 1.06 bits per heavy atom. The van der Waals surface area contributed by atoms with Gasteiger partial charge in [0.25, 0.3) is 0 Å². The summed E-state index contributed by atoms with van der Waals surface area (Å²) in [5.74, 6) is 1.05. The fourth-order valence-electron chi connectivity index (χ4n) is 2.84. The topological polar surface area (TPSA) is 4.44 Å². The van der Waals surface area contributed by atoms with E-state index in [0.29, 0.717) is 0 Å². The Morgan fingerprint density at radius 2 is 1.81 bits per heavy atom. The summed E-state index contributed by atoms with van der Waals surface area (Å²) in [5, 5.41) is 0. The van der Waals surface area contributed by atoms with Crippen LogP contribution < -0.4 is 9.60 Å². The van der Waals surface area contributed by atoms with Crippen LogP contribution in [0, 0.1) is 5.92 Å². The predicted molar refractivity (Wildman–Crippen MR) is 67.3 cm³/mol. The highest BCUT2D eigenvalue weighted by molar-refractivity contribution is 4.61. The van der Waals surface area contributed by atoms with E-state index in [2.05, 4.69) is 13.8 Å². The van der Waals surface area contributed by atoms with Crippen molar-refractivity contribution >= 4 is 0 Å². The van der Waals surface area contributed by atoms with Gasteiger partial charge >= 0.3 is 0 Å². The van der Waals surface area contributed by atoms with Gasteiger partial charge in [-0.25, -0.2) is 0 Å². The lowest BCUT2D eigenvalue weighted by Crippen LogP contribution is -3.13. The molecule has 0 radical (unpaired) electrons. The molecule has 0 saturated carbocycles. The maximum absolute atomic E-state index is 2.31. The van der Waals surface area contributed by atoms with E-state index < -0.39 is 0 Å². The van der Waals surface area contributed by atoms with E-state index in [4.69, 9.17) is 0 Å². The number of quaternary nitrogens is 1. The summed E-state index contributed by atoms with van der Waals surface area (Å²) < 4.78 is 0. The lowest BCUT2D eigenvalue weighted by Gasteiger charge is -2.29. The van der Waals surface area contributed by atoms with Crippen LogP contribution in [0.15, 0.2) is 0 Å². The first-order valence-electron chi connectivity index (χ1n) is 7.20. The van der Waals surface area contributed by atoms with Crippen LogP contribution in [-0.2, 0) is 0 Å². The maximum Gasteiger partial charge on any atom is 0.0799 e. The van der Waals surface area contributed by atoms with Crippen molar-refractivity contribution in [2.75, 3.05) is 19.6 Å². The molecule has 2 unspecified atom stereocenters. The molecule has 1 aliphatic rings. The zero-order chi connectivity index (χ0) is 10.9. The summed E-state index contributed by atoms with van der Waals surface area (Å²) >= 11 is 0. The predicted octanol–water partition coefficient (Wildman–Crippen LogP) is -0.334. The molecule has 1 N–H and O–H groups in total. The minimum Gasteiger partial charge on any atom is -1.00 e. The number of rotatable bonds is 7. The van der Waals surface area contributed by atoms with Gasteiger partial charge in [-0.3, -0.25) is 0 Å². The Bertz CT molecular complexity index is 150. The SMILES string of the molecule is CCCCC[NH+]1CCCC(CCCC)C1.[F-]. The van der Waals surface area contributed by atoms with E-state index in [1.54, 1.807) is 0 Å². The Morgan fingerprint density at radius 3 is 2.50 bits per heavy atom. The van der Waals surface area contributed by atoms with Crippen LogP contribution in [0.5, 0.6) is 0 Å². The minimum atomic E-state index is 0. The molecule has 0 spiro atoms. The van der Waals surface area contributed by atoms with Crippen LogP contribution in [0.2, 0.25) is 0 Å². The summed E-state index contributed by atoms with van der Waals surface area (Å²) in [6.07, 6.45) is 11.6. The zero-order valence-corrected chi connectivity index (χ0v) is 11.2. The fraction of sp³-hybridized carbons (Fsp3) is 1.00. The van der Waals surface area contributed by atoms with Crippen molar-refractivity contribution in [2.45, 2.75) is 65.2 Å². The second-order valence-corrected chi connectivity index (χ2v) is 5.31. The molecule has 2 heteroatoms. The number of unbranched alkanes of at least 4 members (excludes halogenated alkanes) is 3. The molecule has 0 amide bonds. The minimum absolute atomic E-state index is 0. The molecule has 1 aliphatic heterocycles. The maximum atomic E-state index is 2.31. The van der Waals surface area contributed by atoms with Gasteiger partial charge in [0.2, 0.25) is 0 Å². The Hall–Kier alpha value is -0.110. The lowest BCUT2D eigenvalue weighted by molar-refractivity contribution is -0.909. The number of piperidine rings is 1. The summed E-state index contributed by atoms with van der Waals surface area (Å²) in [4.78, 5) is 1.90. The van der Waals surface area contributed by atoms with Crippen molar-refractivity contribution in [2.24, 2.45) is 5.92 Å². The first-order valence-corrected chi connectivity index (χ1v) is 7.20. The van der Waals surface area contributed by atoms with Crippen molar-refractivity contribution in [3.63, 3.8) is 0 Å². The van der Waals surface area contributed by atoms with Crippen LogP contribution in [0.25, 0.3) is 0 Å². The van der Waals surface area contributed by atoms with Crippen molar-refractivity contribution in [1.82, 2.24) is 0 Å². The average Bonchev–Trinajstić information content (AvgIpc) is 2.27. The Balaban J connectivity index is 0.00000225. The highest BCUT2D eigenvalue weighted by atomic mass is 19.0. The van der Waals surface area contributed by atoms with Gasteiger partial charge in [0, 0.05) is 5.92 Å². The highest BCUT2D eigenvalue weighted by Crippen LogP contribution is 2.14. The van der Waals surface area contributed by atoms with Crippen LogP contribution in [-0.4, -0.2) is 19.6 Å². The van der Waals surface area contributed by atoms with Crippen molar-refractivity contribution in [1.29, 1.82) is 0 Å². The van der Waals surface area contributed by atoms with Gasteiger partial charge in [0.05, 0.1) is 19.6 Å². The third kappa shape index (κ3) is 6.47. The van der Waals surface area contributed by atoms with Crippen LogP contribution in [0.4, 0.5) is 0 Å². The molecule has 1 nitrogen and oxygen atoms in total. The van der Waals surface area contributed by atoms with Crippen LogP contribution >= 0.6 is 0 Å². The summed E-state index contributed by atoms with van der Waals surface area (Å²) in [6.45, 7) is 8.98. The van der Waals surface area contributed by atoms with Gasteiger partial charge in [-0.05, 0) is 32.1 Å². The molecule has 1 rings (SSSR count). The third-order valence-corrected chi connectivity index (χ3v) is 3.82. The summed E-state index contributed by atoms with van der Waals surface area (Å²) in [6, 6.07) is 0. The fourth-order valence-corrected chi connectivity index (χ4v) is 2.84. The largest absolute Gasteiger partial charge is 1.00 e. The Kier molecular flexibility index (Phi) is 10.0. The molecule has 0 aromatic heterocycles. The average molecular weight is 231 g/mol. The molecule has 0 bridgehead atoms. The van der Waals surface area contributed by atoms with Gasteiger partial charge in [-0.15, -0.1) is 0 Å². The first-order chi connectivity index (χ1) is 7.36. The lowest BCUT2D eigenvalue weighted by atomic mass is 9.93. The second kappa shape index (κ2) is 10.1. The third-order valence-electron chi connectivity index (χ3n) is 3.82. The standard InChI is InChI=1S/C14H29N.FH/c1-3-5-7-11-15-12-8-10-14(13-15)9-6-4-2;/h14H,3-13H2,1-2H3;1H. The molecule has 1 saturated heterocycles. The monoisotopic (exact) mass is 231 g/mol. The molecule has 2 atom stereocenters. The zero-order valence-electron chi connectivity index (χ0n) is 11.2. The smallest absolute Gasteiger partial charge is 0.0799 e. The van der Waals surface area contributed by atoms with Gasteiger partial charge in [0.1, 0.15) is 0 Å². The van der Waals surface area contributed by atoms with E-state index in [0.717, 1.165) is 5.92 Å². The molecule has 98 valence electrons. The molecule has 1 fully saturated rings. The number of hydrogen-bond donors (Lipinski definition) is 1. The molecule has 16 heavy (non-hydrogen) atoms. The normalized spacial score (nSPS) is 25.1. The summed E-state index contributed by atoms with van der Waals surface area (Å²) in [5.41, 5.74) is 0. The van der Waals surface area contributed by atoms with Crippen LogP contribution in [0.1, 0.15) is 65.2 Å². The van der Waals surface area contributed by atoms with Crippen molar-refractivity contribution in [3.8, 4) is 0 Å². The number of hydrogen-bond acceptors (Lipinski definition) is 0. The second-order valence-electron chi connectivity index (χ2n) is 5.31. The molecular formula is C14H30FN. The number of nitrogens with one attached hydrogen (secondary N) is 1. The van der Waals surface area contributed by atoms with Crippen LogP contribution in [0.3, 0.4) is 0 Å². The molecular weight excluding hydrogens is 201 g/mol. The van der Waals surface area contributed by atoms with Crippen molar-refractivity contribution in [3.05, 3.63) is 0 Å². The van der Waals surface area contributed by atoms with Crippen molar-refractivity contribution < 1.29 is 9.60 Å². The van der Waals surface area contributed by atoms with Gasteiger partial charge in [0.15, 0.2) is 0 Å². The van der Waals surface area contributed by atoms with E-state index in [1.165, 1.54) is 71.0 Å². The quantitative estimate of drug-likeness (QED) is 0.572. The molecule has 0 aromatic carbocycles. The first kappa shape index (κ1) is 15.9. The van der Waals surface area contributed by atoms with Gasteiger partial charge < -0.3 is 9.60 Å². The Labute approximate surface area is 101 Å².